The Labute approximate surface area is 170 Å². The molecule has 4 rings (SSSR count). The standard InChI is InChI=1S/C21H23ClN6/c1-14-11-15(2)20(18(22)12-14)26-21-25-19(13-23-27-21)24-16-5-7-17(8-6-16)28-9-3-4-10-28/h5-8,11-13H,3-4,9-10H2,1-2H3,(H2,24,25,26,27). The molecule has 2 aromatic carbocycles. The Bertz CT molecular complexity index is 944. The molecule has 0 spiro atoms. The summed E-state index contributed by atoms with van der Waals surface area (Å²) in [5.74, 6) is 1.01. The second kappa shape index (κ2) is 8.02. The maximum atomic E-state index is 6.36. The van der Waals surface area contributed by atoms with E-state index in [0.29, 0.717) is 16.8 Å². The summed E-state index contributed by atoms with van der Waals surface area (Å²) in [5.41, 5.74) is 5.15. The highest BCUT2D eigenvalue weighted by Crippen LogP contribution is 2.29. The van der Waals surface area contributed by atoms with Gasteiger partial charge in [-0.05, 0) is 68.1 Å². The number of anilines is 5. The molecule has 6 nitrogen and oxygen atoms in total. The van der Waals surface area contributed by atoms with E-state index in [-0.39, 0.29) is 0 Å². The van der Waals surface area contributed by atoms with Crippen LogP contribution in [0.15, 0.2) is 42.6 Å². The van der Waals surface area contributed by atoms with Gasteiger partial charge in [0.1, 0.15) is 0 Å². The number of aryl methyl sites for hydroxylation is 2. The lowest BCUT2D eigenvalue weighted by Crippen LogP contribution is -2.17. The van der Waals surface area contributed by atoms with Crippen LogP contribution >= 0.6 is 11.6 Å². The Hall–Kier alpha value is -2.86. The maximum Gasteiger partial charge on any atom is 0.249 e. The zero-order valence-corrected chi connectivity index (χ0v) is 16.8. The smallest absolute Gasteiger partial charge is 0.249 e. The number of halogens is 1. The third-order valence-electron chi connectivity index (χ3n) is 4.84. The number of hydrogen-bond acceptors (Lipinski definition) is 6. The number of benzene rings is 2. The monoisotopic (exact) mass is 394 g/mol. The number of hydrogen-bond donors (Lipinski definition) is 2. The van der Waals surface area contributed by atoms with Crippen LogP contribution in [0.2, 0.25) is 5.02 Å². The first-order valence-electron chi connectivity index (χ1n) is 9.44. The van der Waals surface area contributed by atoms with E-state index in [2.05, 4.69) is 61.0 Å². The number of nitrogens with one attached hydrogen (secondary N) is 2. The van der Waals surface area contributed by atoms with Gasteiger partial charge in [-0.1, -0.05) is 17.7 Å². The summed E-state index contributed by atoms with van der Waals surface area (Å²) in [6, 6.07) is 12.4. The first kappa shape index (κ1) is 18.5. The van der Waals surface area contributed by atoms with Crippen LogP contribution in [0.5, 0.6) is 0 Å². The van der Waals surface area contributed by atoms with Gasteiger partial charge in [-0.3, -0.25) is 0 Å². The molecule has 28 heavy (non-hydrogen) atoms. The molecule has 0 bridgehead atoms. The molecule has 2 N–H and O–H groups in total. The van der Waals surface area contributed by atoms with Crippen LogP contribution in [-0.2, 0) is 0 Å². The fourth-order valence-corrected chi connectivity index (χ4v) is 3.85. The molecular formula is C21H23ClN6. The van der Waals surface area contributed by atoms with Gasteiger partial charge < -0.3 is 15.5 Å². The zero-order chi connectivity index (χ0) is 19.5. The van der Waals surface area contributed by atoms with Crippen LogP contribution in [0, 0.1) is 13.8 Å². The molecule has 0 amide bonds. The first-order valence-corrected chi connectivity index (χ1v) is 9.82. The molecular weight excluding hydrogens is 372 g/mol. The molecule has 1 aromatic heterocycles. The first-order chi connectivity index (χ1) is 13.6. The average Bonchev–Trinajstić information content (AvgIpc) is 3.20. The van der Waals surface area contributed by atoms with Crippen molar-refractivity contribution in [3.8, 4) is 0 Å². The molecule has 7 heteroatoms. The van der Waals surface area contributed by atoms with Gasteiger partial charge in [0.15, 0.2) is 5.82 Å². The average molecular weight is 395 g/mol. The summed E-state index contributed by atoms with van der Waals surface area (Å²) in [7, 11) is 0. The summed E-state index contributed by atoms with van der Waals surface area (Å²) in [5, 5.41) is 15.2. The van der Waals surface area contributed by atoms with Crippen LogP contribution in [0.1, 0.15) is 24.0 Å². The van der Waals surface area contributed by atoms with E-state index in [9.17, 15) is 0 Å². The van der Waals surface area contributed by atoms with E-state index in [1.165, 1.54) is 18.5 Å². The fraction of sp³-hybridized carbons (Fsp3) is 0.286. The largest absolute Gasteiger partial charge is 0.372 e. The third-order valence-corrected chi connectivity index (χ3v) is 5.14. The summed E-state index contributed by atoms with van der Waals surface area (Å²) < 4.78 is 0. The zero-order valence-electron chi connectivity index (χ0n) is 16.0. The minimum Gasteiger partial charge on any atom is -0.372 e. The molecule has 144 valence electrons. The summed E-state index contributed by atoms with van der Waals surface area (Å²) >= 11 is 6.36. The van der Waals surface area contributed by atoms with Gasteiger partial charge in [-0.15, -0.1) is 5.10 Å². The van der Waals surface area contributed by atoms with E-state index in [1.807, 2.05) is 19.9 Å². The molecule has 1 aliphatic heterocycles. The van der Waals surface area contributed by atoms with Gasteiger partial charge >= 0.3 is 0 Å². The summed E-state index contributed by atoms with van der Waals surface area (Å²) in [6.07, 6.45) is 4.14. The van der Waals surface area contributed by atoms with Crippen molar-refractivity contribution in [1.82, 2.24) is 15.2 Å². The molecule has 1 fully saturated rings. The molecule has 1 aliphatic rings. The van der Waals surface area contributed by atoms with E-state index in [4.69, 9.17) is 11.6 Å². The quantitative estimate of drug-likeness (QED) is 0.617. The number of aromatic nitrogens is 3. The molecule has 0 atom stereocenters. The van der Waals surface area contributed by atoms with E-state index in [0.717, 1.165) is 35.6 Å². The van der Waals surface area contributed by atoms with Crippen LogP contribution < -0.4 is 15.5 Å². The summed E-state index contributed by atoms with van der Waals surface area (Å²) in [6.45, 7) is 6.29. The second-order valence-electron chi connectivity index (χ2n) is 7.09. The highest BCUT2D eigenvalue weighted by molar-refractivity contribution is 6.33. The van der Waals surface area contributed by atoms with Crippen LogP contribution in [0.25, 0.3) is 0 Å². The van der Waals surface area contributed by atoms with Crippen molar-refractivity contribution in [2.45, 2.75) is 26.7 Å². The SMILES string of the molecule is Cc1cc(C)c(Nc2nncc(Nc3ccc(N4CCCC4)cc3)n2)c(Cl)c1. The van der Waals surface area contributed by atoms with Crippen molar-refractivity contribution in [3.63, 3.8) is 0 Å². The molecule has 0 saturated carbocycles. The Kier molecular flexibility index (Phi) is 5.30. The van der Waals surface area contributed by atoms with E-state index >= 15 is 0 Å². The fourth-order valence-electron chi connectivity index (χ4n) is 3.48. The molecule has 2 heterocycles. The predicted octanol–water partition coefficient (Wildman–Crippen LogP) is 5.23. The van der Waals surface area contributed by atoms with E-state index in [1.54, 1.807) is 6.20 Å². The Morgan fingerprint density at radius 3 is 2.46 bits per heavy atom. The van der Waals surface area contributed by atoms with Crippen LogP contribution in [0.3, 0.4) is 0 Å². The molecule has 0 aliphatic carbocycles. The van der Waals surface area contributed by atoms with Gasteiger partial charge in [0.05, 0.1) is 16.9 Å². The van der Waals surface area contributed by atoms with E-state index < -0.39 is 0 Å². The van der Waals surface area contributed by atoms with Crippen molar-refractivity contribution >= 4 is 40.4 Å². The van der Waals surface area contributed by atoms with Gasteiger partial charge in [-0.2, -0.15) is 10.1 Å². The molecule has 0 radical (unpaired) electrons. The molecule has 0 unspecified atom stereocenters. The topological polar surface area (TPSA) is 66.0 Å². The lowest BCUT2D eigenvalue weighted by atomic mass is 10.1. The van der Waals surface area contributed by atoms with Crippen LogP contribution in [-0.4, -0.2) is 28.3 Å². The third kappa shape index (κ3) is 4.17. The highest BCUT2D eigenvalue weighted by Gasteiger charge is 2.12. The van der Waals surface area contributed by atoms with Crippen molar-refractivity contribution in [2.75, 3.05) is 28.6 Å². The maximum absolute atomic E-state index is 6.36. The number of rotatable bonds is 5. The van der Waals surface area contributed by atoms with Crippen LogP contribution in [0.4, 0.5) is 28.8 Å². The van der Waals surface area contributed by atoms with Gasteiger partial charge in [0.25, 0.3) is 0 Å². The predicted molar refractivity (Wildman–Crippen MR) is 115 cm³/mol. The minimum absolute atomic E-state index is 0.396. The lowest BCUT2D eigenvalue weighted by molar-refractivity contribution is 0.949. The van der Waals surface area contributed by atoms with Crippen molar-refractivity contribution in [2.24, 2.45) is 0 Å². The molecule has 3 aromatic rings. The van der Waals surface area contributed by atoms with Gasteiger partial charge in [-0.25, -0.2) is 0 Å². The van der Waals surface area contributed by atoms with Gasteiger partial charge in [0.2, 0.25) is 5.95 Å². The second-order valence-corrected chi connectivity index (χ2v) is 7.50. The van der Waals surface area contributed by atoms with Crippen molar-refractivity contribution < 1.29 is 0 Å². The minimum atomic E-state index is 0.396. The lowest BCUT2D eigenvalue weighted by Gasteiger charge is -2.18. The normalized spacial score (nSPS) is 13.6. The van der Waals surface area contributed by atoms with Crippen molar-refractivity contribution in [3.05, 3.63) is 58.7 Å². The highest BCUT2D eigenvalue weighted by atomic mass is 35.5. The van der Waals surface area contributed by atoms with Gasteiger partial charge in [0, 0.05) is 24.5 Å². The molecule has 1 saturated heterocycles. The Morgan fingerprint density at radius 1 is 1.00 bits per heavy atom. The Balaban J connectivity index is 1.48. The Morgan fingerprint density at radius 2 is 1.75 bits per heavy atom. The summed E-state index contributed by atoms with van der Waals surface area (Å²) in [4.78, 5) is 6.91. The number of nitrogens with zero attached hydrogens (tertiary/aromatic N) is 4. The van der Waals surface area contributed by atoms with Crippen molar-refractivity contribution in [1.29, 1.82) is 0 Å².